The molecule has 0 spiro atoms. The normalized spacial score (nSPS) is 19.9. The van der Waals surface area contributed by atoms with Gasteiger partial charge in [-0.05, 0) is 48.2 Å². The second-order valence-corrected chi connectivity index (χ2v) is 10.7. The Bertz CT molecular complexity index is 1130. The Morgan fingerprint density at radius 2 is 1.62 bits per heavy atom. The van der Waals surface area contributed by atoms with E-state index in [0.29, 0.717) is 31.1 Å². The lowest BCUT2D eigenvalue weighted by atomic mass is 9.82. The number of amides is 2. The van der Waals surface area contributed by atoms with Crippen LogP contribution >= 0.6 is 0 Å². The number of fused-ring (bicyclic) bond motifs is 1. The molecule has 2 amide bonds. The first-order valence-electron chi connectivity index (χ1n) is 14.4. The minimum absolute atomic E-state index is 0.0317. The Morgan fingerprint density at radius 1 is 0.975 bits per heavy atom. The van der Waals surface area contributed by atoms with E-state index in [2.05, 4.69) is 18.7 Å². The molecule has 9 heteroatoms. The molecule has 1 saturated heterocycles. The van der Waals surface area contributed by atoms with Crippen LogP contribution < -0.4 is 14.2 Å². The summed E-state index contributed by atoms with van der Waals surface area (Å²) < 4.78 is 16.4. The van der Waals surface area contributed by atoms with E-state index in [4.69, 9.17) is 14.2 Å². The van der Waals surface area contributed by atoms with Gasteiger partial charge in [0.25, 0.3) is 0 Å². The second-order valence-electron chi connectivity index (χ2n) is 10.7. The number of carboxylic acids is 1. The van der Waals surface area contributed by atoms with Crippen molar-refractivity contribution < 1.29 is 28.9 Å². The lowest BCUT2D eigenvalue weighted by molar-refractivity contribution is -0.143. The van der Waals surface area contributed by atoms with Gasteiger partial charge in [0.05, 0.1) is 13.0 Å². The molecule has 9 nitrogen and oxygen atoms in total. The zero-order chi connectivity index (χ0) is 28.6. The van der Waals surface area contributed by atoms with Crippen LogP contribution in [0.4, 0.5) is 4.79 Å². The third-order valence-electron chi connectivity index (χ3n) is 8.05. The summed E-state index contributed by atoms with van der Waals surface area (Å²) in [6.45, 7) is 7.55. The third-order valence-corrected chi connectivity index (χ3v) is 8.05. The van der Waals surface area contributed by atoms with Crippen molar-refractivity contribution in [3.05, 3.63) is 53.6 Å². The molecule has 1 fully saturated rings. The number of carbonyl (C=O) groups excluding carboxylic acids is 1. The molecule has 4 rings (SSSR count). The van der Waals surface area contributed by atoms with E-state index in [1.54, 1.807) is 12.0 Å². The van der Waals surface area contributed by atoms with Crippen molar-refractivity contribution in [1.82, 2.24) is 14.7 Å². The molecule has 1 N–H and O–H groups in total. The number of methoxy groups -OCH3 is 1. The predicted octanol–water partition coefficient (Wildman–Crippen LogP) is 5.22. The first-order valence-corrected chi connectivity index (χ1v) is 14.4. The molecule has 0 bridgehead atoms. The van der Waals surface area contributed by atoms with Crippen LogP contribution in [0.5, 0.6) is 17.2 Å². The maximum Gasteiger partial charge on any atom is 0.319 e. The van der Waals surface area contributed by atoms with E-state index in [-0.39, 0.29) is 24.8 Å². The smallest absolute Gasteiger partial charge is 0.319 e. The number of ether oxygens (including phenoxy) is 3. The number of urea groups is 1. The Labute approximate surface area is 237 Å². The highest BCUT2D eigenvalue weighted by atomic mass is 16.7. The molecule has 0 saturated carbocycles. The molecule has 218 valence electrons. The van der Waals surface area contributed by atoms with Crippen LogP contribution in [0.2, 0.25) is 0 Å². The minimum Gasteiger partial charge on any atom is -0.497 e. The fourth-order valence-corrected chi connectivity index (χ4v) is 5.76. The number of rotatable bonds is 13. The van der Waals surface area contributed by atoms with Crippen molar-refractivity contribution in [1.29, 1.82) is 0 Å². The van der Waals surface area contributed by atoms with Crippen molar-refractivity contribution in [3.63, 3.8) is 0 Å². The minimum atomic E-state index is -0.847. The van der Waals surface area contributed by atoms with Crippen LogP contribution in [0.3, 0.4) is 0 Å². The van der Waals surface area contributed by atoms with Crippen LogP contribution in [0.15, 0.2) is 42.5 Å². The van der Waals surface area contributed by atoms with E-state index < -0.39 is 11.9 Å². The summed E-state index contributed by atoms with van der Waals surface area (Å²) in [4.78, 5) is 32.1. The van der Waals surface area contributed by atoms with Crippen LogP contribution in [-0.4, -0.2) is 85.5 Å². The molecule has 2 heterocycles. The van der Waals surface area contributed by atoms with Gasteiger partial charge in [-0.15, -0.1) is 0 Å². The van der Waals surface area contributed by atoms with E-state index in [9.17, 15) is 14.7 Å². The summed E-state index contributed by atoms with van der Waals surface area (Å²) in [7, 11) is 3.46. The summed E-state index contributed by atoms with van der Waals surface area (Å²) in [5, 5.41) is 10.5. The SMILES string of the molecule is CCCCN(CCCC)C(=O)N(C)CCN1CC(c2ccc3c(c2)OCO3)C(C(=O)O)C1c1ccc(OC)cc1. The monoisotopic (exact) mass is 553 g/mol. The van der Waals surface area contributed by atoms with Gasteiger partial charge in [0.2, 0.25) is 6.79 Å². The number of hydrogen-bond acceptors (Lipinski definition) is 6. The van der Waals surface area contributed by atoms with E-state index in [1.165, 1.54) is 0 Å². The van der Waals surface area contributed by atoms with Crippen molar-refractivity contribution in [3.8, 4) is 17.2 Å². The average Bonchev–Trinajstić information content (AvgIpc) is 3.60. The Balaban J connectivity index is 1.58. The molecule has 2 aromatic rings. The number of carboxylic acid groups (broad SMARTS) is 1. The number of carbonyl (C=O) groups is 2. The largest absolute Gasteiger partial charge is 0.497 e. The second kappa shape index (κ2) is 13.7. The predicted molar refractivity (Wildman–Crippen MR) is 153 cm³/mol. The zero-order valence-electron chi connectivity index (χ0n) is 24.2. The van der Waals surface area contributed by atoms with Crippen molar-refractivity contribution in [2.24, 2.45) is 5.92 Å². The number of benzene rings is 2. The highest BCUT2D eigenvalue weighted by molar-refractivity contribution is 5.74. The van der Waals surface area contributed by atoms with Gasteiger partial charge in [0, 0.05) is 51.7 Å². The van der Waals surface area contributed by atoms with Gasteiger partial charge in [-0.1, -0.05) is 44.9 Å². The van der Waals surface area contributed by atoms with E-state index in [0.717, 1.165) is 55.6 Å². The van der Waals surface area contributed by atoms with Crippen LogP contribution in [-0.2, 0) is 4.79 Å². The van der Waals surface area contributed by atoms with Crippen molar-refractivity contribution in [2.75, 3.05) is 53.7 Å². The van der Waals surface area contributed by atoms with Crippen molar-refractivity contribution >= 4 is 12.0 Å². The third kappa shape index (κ3) is 6.63. The van der Waals surface area contributed by atoms with Gasteiger partial charge in [-0.25, -0.2) is 4.79 Å². The highest BCUT2D eigenvalue weighted by Gasteiger charge is 2.47. The summed E-state index contributed by atoms with van der Waals surface area (Å²) in [5.41, 5.74) is 1.82. The molecule has 0 aliphatic carbocycles. The number of hydrogen-bond donors (Lipinski definition) is 1. The number of nitrogens with zero attached hydrogens (tertiary/aromatic N) is 3. The molecular formula is C31H43N3O6. The average molecular weight is 554 g/mol. The van der Waals surface area contributed by atoms with E-state index >= 15 is 0 Å². The van der Waals surface area contributed by atoms with Gasteiger partial charge in [-0.2, -0.15) is 0 Å². The van der Waals surface area contributed by atoms with Crippen LogP contribution in [0, 0.1) is 5.92 Å². The Hall–Kier alpha value is -3.46. The standard InChI is InChI=1S/C31H43N3O6/c1-5-7-15-33(16-8-6-2)31(37)32(3)17-18-34-20-25(23-11-14-26-27(19-23)40-21-39-26)28(30(35)36)29(34)22-9-12-24(38-4)13-10-22/h9-14,19,25,28-29H,5-8,15-18,20-21H2,1-4H3,(H,35,36). The fraction of sp³-hybridized carbons (Fsp3) is 0.548. The summed E-state index contributed by atoms with van der Waals surface area (Å²) in [5.74, 6) is 0.252. The van der Waals surface area contributed by atoms with Gasteiger partial charge < -0.3 is 29.1 Å². The fourth-order valence-electron chi connectivity index (χ4n) is 5.76. The summed E-state index contributed by atoms with van der Waals surface area (Å²) in [6, 6.07) is 13.0. The summed E-state index contributed by atoms with van der Waals surface area (Å²) >= 11 is 0. The van der Waals surface area contributed by atoms with Crippen LogP contribution in [0.25, 0.3) is 0 Å². The number of likely N-dealkylation sites (N-methyl/N-ethyl adjacent to an activating group) is 1. The quantitative estimate of drug-likeness (QED) is 0.364. The molecule has 2 aliphatic heterocycles. The molecular weight excluding hydrogens is 510 g/mol. The highest BCUT2D eigenvalue weighted by Crippen LogP contribution is 2.47. The molecule has 3 unspecified atom stereocenters. The Morgan fingerprint density at radius 3 is 2.25 bits per heavy atom. The number of unbranched alkanes of at least 4 members (excludes halogenated alkanes) is 2. The topological polar surface area (TPSA) is 91.8 Å². The zero-order valence-corrected chi connectivity index (χ0v) is 24.2. The van der Waals surface area contributed by atoms with E-state index in [1.807, 2.05) is 54.4 Å². The number of likely N-dealkylation sites (tertiary alicyclic amines) is 1. The lowest BCUT2D eigenvalue weighted by Crippen LogP contribution is -2.45. The van der Waals surface area contributed by atoms with Gasteiger partial charge in [0.1, 0.15) is 5.75 Å². The van der Waals surface area contributed by atoms with Gasteiger partial charge in [-0.3, -0.25) is 9.69 Å². The van der Waals surface area contributed by atoms with Crippen molar-refractivity contribution in [2.45, 2.75) is 51.5 Å². The number of aliphatic carboxylic acids is 1. The molecule has 0 aromatic heterocycles. The summed E-state index contributed by atoms with van der Waals surface area (Å²) in [6.07, 6.45) is 4.03. The molecule has 2 aliphatic rings. The molecule has 3 atom stereocenters. The van der Waals surface area contributed by atoms with Gasteiger partial charge >= 0.3 is 12.0 Å². The van der Waals surface area contributed by atoms with Gasteiger partial charge in [0.15, 0.2) is 11.5 Å². The Kier molecular flexibility index (Phi) is 10.1. The lowest BCUT2D eigenvalue weighted by Gasteiger charge is -2.31. The first kappa shape index (κ1) is 29.5. The molecule has 40 heavy (non-hydrogen) atoms. The maximum atomic E-state index is 13.3. The van der Waals surface area contributed by atoms with Crippen LogP contribution in [0.1, 0.15) is 62.6 Å². The molecule has 2 aromatic carbocycles. The molecule has 0 radical (unpaired) electrons. The first-order chi connectivity index (χ1) is 19.4. The maximum absolute atomic E-state index is 13.3.